The van der Waals surface area contributed by atoms with Crippen LogP contribution in [0.25, 0.3) is 0 Å². The summed E-state index contributed by atoms with van der Waals surface area (Å²) in [4.78, 5) is 0. The third-order valence-electron chi connectivity index (χ3n) is 3.99. The lowest BCUT2D eigenvalue weighted by atomic mass is 9.99. The smallest absolute Gasteiger partial charge is 0.358 e. The van der Waals surface area contributed by atoms with Gasteiger partial charge in [-0.3, -0.25) is 0 Å². The van der Waals surface area contributed by atoms with Gasteiger partial charge >= 0.3 is 5.24 Å². The lowest BCUT2D eigenvalue weighted by Gasteiger charge is -2.41. The van der Waals surface area contributed by atoms with E-state index in [9.17, 15) is 15.3 Å². The van der Waals surface area contributed by atoms with Crippen molar-refractivity contribution in [2.45, 2.75) is 30.7 Å². The van der Waals surface area contributed by atoms with E-state index in [1.165, 1.54) is 0 Å². The molecule has 144 valence electrons. The summed E-state index contributed by atoms with van der Waals surface area (Å²) in [7, 11) is 0. The maximum atomic E-state index is 10.6. The number of hydrogen-bond acceptors (Lipinski definition) is 8. The van der Waals surface area contributed by atoms with Gasteiger partial charge in [0.2, 0.25) is 6.29 Å². The molecule has 2 aromatic rings. The minimum Gasteiger partial charge on any atom is -0.462 e. The lowest BCUT2D eigenvalue weighted by Crippen LogP contribution is -2.61. The van der Waals surface area contributed by atoms with E-state index in [4.69, 9.17) is 31.2 Å². The van der Waals surface area contributed by atoms with E-state index < -0.39 is 37.3 Å². The topological polar surface area (TPSA) is 97.6 Å². The molecule has 0 radical (unpaired) electrons. The monoisotopic (exact) mass is 392 g/mol. The van der Waals surface area contributed by atoms with Crippen LogP contribution in [0.1, 0.15) is 0 Å². The summed E-state index contributed by atoms with van der Waals surface area (Å²) >= 11 is 5.06. The molecular formula is C19H20O7S. The fourth-order valence-corrected chi connectivity index (χ4v) is 2.85. The summed E-state index contributed by atoms with van der Waals surface area (Å²) in [5.74, 6) is 0.908. The molecule has 1 saturated heterocycles. The first-order valence-electron chi connectivity index (χ1n) is 8.36. The van der Waals surface area contributed by atoms with E-state index in [0.717, 1.165) is 0 Å². The molecule has 1 aliphatic rings. The Labute approximate surface area is 161 Å². The average Bonchev–Trinajstić information content (AvgIpc) is 2.69. The van der Waals surface area contributed by atoms with Crippen molar-refractivity contribution in [1.29, 1.82) is 0 Å². The van der Waals surface area contributed by atoms with Crippen LogP contribution in [-0.2, 0) is 9.47 Å². The minimum atomic E-state index is -1.37. The second kappa shape index (κ2) is 9.12. The van der Waals surface area contributed by atoms with Crippen LogP contribution in [0, 0.1) is 0 Å². The molecule has 1 fully saturated rings. The Bertz CT molecular complexity index is 727. The third kappa shape index (κ3) is 4.94. The van der Waals surface area contributed by atoms with Crippen LogP contribution in [0.4, 0.5) is 0 Å². The Morgan fingerprint density at radius 3 is 2.11 bits per heavy atom. The molecule has 0 unspecified atom stereocenters. The number of para-hydroxylation sites is 2. The Balaban J connectivity index is 1.70. The quantitative estimate of drug-likeness (QED) is 0.655. The highest BCUT2D eigenvalue weighted by atomic mass is 32.1. The maximum Gasteiger partial charge on any atom is 0.358 e. The van der Waals surface area contributed by atoms with Gasteiger partial charge in [0.05, 0.1) is 6.61 Å². The number of ether oxygens (including phenoxy) is 4. The zero-order valence-electron chi connectivity index (χ0n) is 14.3. The van der Waals surface area contributed by atoms with Gasteiger partial charge in [-0.1, -0.05) is 36.4 Å². The van der Waals surface area contributed by atoms with E-state index in [1.807, 2.05) is 12.1 Å². The number of rotatable bonds is 5. The molecule has 27 heavy (non-hydrogen) atoms. The number of hydrogen-bond donors (Lipinski definition) is 3. The molecule has 3 rings (SSSR count). The number of thiocarbonyl (C=S) groups is 1. The number of aliphatic hydroxyl groups is 3. The van der Waals surface area contributed by atoms with Gasteiger partial charge in [-0.2, -0.15) is 0 Å². The second-order valence-electron chi connectivity index (χ2n) is 5.89. The molecule has 5 atom stereocenters. The number of aliphatic hydroxyl groups excluding tert-OH is 3. The van der Waals surface area contributed by atoms with Crippen molar-refractivity contribution < 1.29 is 34.3 Å². The molecule has 0 amide bonds. The normalized spacial score (nSPS) is 27.6. The Morgan fingerprint density at radius 2 is 1.52 bits per heavy atom. The lowest BCUT2D eigenvalue weighted by molar-refractivity contribution is -0.275. The summed E-state index contributed by atoms with van der Waals surface area (Å²) < 4.78 is 21.9. The summed E-state index contributed by atoms with van der Waals surface area (Å²) in [6, 6.07) is 17.4. The summed E-state index contributed by atoms with van der Waals surface area (Å²) in [5, 5.41) is 30.1. The Morgan fingerprint density at radius 1 is 0.926 bits per heavy atom. The van der Waals surface area contributed by atoms with Gasteiger partial charge < -0.3 is 34.3 Å². The molecular weight excluding hydrogens is 372 g/mol. The Kier molecular flexibility index (Phi) is 6.59. The van der Waals surface area contributed by atoms with E-state index >= 15 is 0 Å². The maximum absolute atomic E-state index is 10.6. The van der Waals surface area contributed by atoms with Crippen molar-refractivity contribution in [3.63, 3.8) is 0 Å². The van der Waals surface area contributed by atoms with Crippen LogP contribution >= 0.6 is 12.2 Å². The highest BCUT2D eigenvalue weighted by Crippen LogP contribution is 2.26. The summed E-state index contributed by atoms with van der Waals surface area (Å²) in [6.45, 7) is -0.491. The fourth-order valence-electron chi connectivity index (χ4n) is 2.64. The first-order valence-corrected chi connectivity index (χ1v) is 8.77. The fraction of sp³-hybridized carbons (Fsp3) is 0.316. The van der Waals surface area contributed by atoms with Gasteiger partial charge in [0.1, 0.15) is 23.7 Å². The molecule has 0 aliphatic carbocycles. The molecule has 7 nitrogen and oxygen atoms in total. The van der Waals surface area contributed by atoms with Gasteiger partial charge in [-0.25, -0.2) is 0 Å². The molecule has 0 aromatic heterocycles. The second-order valence-corrected chi connectivity index (χ2v) is 6.22. The molecule has 0 bridgehead atoms. The predicted molar refractivity (Wildman–Crippen MR) is 99.4 cm³/mol. The Hall–Kier alpha value is -2.23. The van der Waals surface area contributed by atoms with Crippen LogP contribution in [-0.4, -0.2) is 57.9 Å². The van der Waals surface area contributed by atoms with Crippen molar-refractivity contribution in [3.05, 3.63) is 60.7 Å². The van der Waals surface area contributed by atoms with Crippen LogP contribution in [0.5, 0.6) is 11.5 Å². The predicted octanol–water partition coefficient (Wildman–Crippen LogP) is 1.25. The van der Waals surface area contributed by atoms with Gasteiger partial charge in [0, 0.05) is 12.2 Å². The van der Waals surface area contributed by atoms with Crippen LogP contribution in [0.15, 0.2) is 60.7 Å². The van der Waals surface area contributed by atoms with Crippen molar-refractivity contribution in [3.8, 4) is 11.5 Å². The standard InChI is InChI=1S/C19H20O7S/c20-11-14-15(21)17(26-19(27)24-13-9-5-2-6-10-13)16(22)18(25-14)23-12-7-3-1-4-8-12/h1-10,14-18,20-22H,11H2/t14-,15-,16+,17+,18+/m1/s1. The van der Waals surface area contributed by atoms with E-state index in [2.05, 4.69) is 0 Å². The molecule has 3 N–H and O–H groups in total. The average molecular weight is 392 g/mol. The first kappa shape index (κ1) is 19.5. The third-order valence-corrected chi connectivity index (χ3v) is 4.17. The molecule has 0 spiro atoms. The van der Waals surface area contributed by atoms with Crippen LogP contribution in [0.2, 0.25) is 0 Å². The first-order chi connectivity index (χ1) is 13.1. The zero-order valence-corrected chi connectivity index (χ0v) is 15.1. The minimum absolute atomic E-state index is 0.277. The zero-order chi connectivity index (χ0) is 19.2. The number of benzene rings is 2. The molecule has 8 heteroatoms. The van der Waals surface area contributed by atoms with Gasteiger partial charge in [0.15, 0.2) is 12.2 Å². The molecule has 0 saturated carbocycles. The molecule has 1 aliphatic heterocycles. The van der Waals surface area contributed by atoms with Crippen molar-refractivity contribution in [2.75, 3.05) is 6.61 Å². The van der Waals surface area contributed by atoms with Crippen LogP contribution < -0.4 is 9.47 Å². The van der Waals surface area contributed by atoms with Gasteiger partial charge in [-0.15, -0.1) is 0 Å². The van der Waals surface area contributed by atoms with Gasteiger partial charge in [-0.05, 0) is 24.3 Å². The van der Waals surface area contributed by atoms with Crippen molar-refractivity contribution >= 4 is 17.5 Å². The van der Waals surface area contributed by atoms with Crippen molar-refractivity contribution in [1.82, 2.24) is 0 Å². The summed E-state index contributed by atoms with van der Waals surface area (Å²) in [6.07, 6.45) is -6.11. The van der Waals surface area contributed by atoms with E-state index in [1.54, 1.807) is 48.5 Å². The van der Waals surface area contributed by atoms with E-state index in [-0.39, 0.29) is 5.24 Å². The summed E-state index contributed by atoms with van der Waals surface area (Å²) in [5.41, 5.74) is 0. The molecule has 1 heterocycles. The molecule has 2 aromatic carbocycles. The highest BCUT2D eigenvalue weighted by molar-refractivity contribution is 7.79. The van der Waals surface area contributed by atoms with E-state index in [0.29, 0.717) is 11.5 Å². The highest BCUT2D eigenvalue weighted by Gasteiger charge is 2.47. The largest absolute Gasteiger partial charge is 0.462 e. The van der Waals surface area contributed by atoms with Crippen molar-refractivity contribution in [2.24, 2.45) is 0 Å². The SMILES string of the molecule is OC[C@H]1O[C@H](Oc2ccccc2)[C@@H](O)[C@@H](OC(=S)Oc2ccccc2)[C@@H]1O. The van der Waals surface area contributed by atoms with Crippen LogP contribution in [0.3, 0.4) is 0 Å². The van der Waals surface area contributed by atoms with Gasteiger partial charge in [0.25, 0.3) is 0 Å².